The van der Waals surface area contributed by atoms with Gasteiger partial charge in [-0.25, -0.2) is 4.98 Å². The fourth-order valence-corrected chi connectivity index (χ4v) is 6.80. The van der Waals surface area contributed by atoms with Crippen LogP contribution in [0.4, 0.5) is 0 Å². The molecule has 208 valence electrons. The number of halogens is 2. The van der Waals surface area contributed by atoms with Crippen molar-refractivity contribution in [1.82, 2.24) is 24.6 Å². The highest BCUT2D eigenvalue weighted by molar-refractivity contribution is 6.32. The molecule has 2 fully saturated rings. The Morgan fingerprint density at radius 3 is 2.51 bits per heavy atom. The van der Waals surface area contributed by atoms with E-state index in [4.69, 9.17) is 28.2 Å². The number of nitrogens with zero attached hydrogens (tertiary/aromatic N) is 4. The third-order valence-corrected chi connectivity index (χ3v) is 8.77. The summed E-state index contributed by atoms with van der Waals surface area (Å²) in [6.07, 6.45) is 8.53. The Labute approximate surface area is 239 Å². The number of hydrogen-bond acceptors (Lipinski definition) is 4. The Hall–Kier alpha value is -2.64. The summed E-state index contributed by atoms with van der Waals surface area (Å²) in [4.78, 5) is 31.8. The number of aromatic amines is 1. The van der Waals surface area contributed by atoms with Crippen molar-refractivity contribution in [2.45, 2.75) is 83.6 Å². The van der Waals surface area contributed by atoms with Crippen LogP contribution in [0.15, 0.2) is 24.8 Å². The molecule has 1 aliphatic carbocycles. The van der Waals surface area contributed by atoms with Gasteiger partial charge in [0, 0.05) is 54.0 Å². The molecule has 1 N–H and O–H groups in total. The number of fused-ring (bicyclic) bond motifs is 1. The molecule has 1 aliphatic heterocycles. The van der Waals surface area contributed by atoms with Gasteiger partial charge in [0.05, 0.1) is 5.52 Å². The first-order valence-corrected chi connectivity index (χ1v) is 14.7. The molecule has 0 radical (unpaired) electrons. The standard InChI is InChI=1S/C30H37Cl2N5O2/c1-5-27(39)36-16-18(17-36)13-25(38)28-29(32)33-26(37(28)19-9-7-6-8-10-19)12-11-23-20-14-21(30(2,3)4)22(31)15-24(20)35-34-23/h5,14-15,18-19H,1,6-13,16-17H2,2-4H3,(H,34,35). The molecule has 0 unspecified atom stereocenters. The topological polar surface area (TPSA) is 83.9 Å². The largest absolute Gasteiger partial charge is 0.338 e. The Kier molecular flexibility index (Phi) is 7.93. The number of aryl methyl sites for hydroxylation is 2. The van der Waals surface area contributed by atoms with Gasteiger partial charge in [0.2, 0.25) is 5.91 Å². The minimum atomic E-state index is -0.0884. The summed E-state index contributed by atoms with van der Waals surface area (Å²) in [5.41, 5.74) is 3.40. The second kappa shape index (κ2) is 11.1. The van der Waals surface area contributed by atoms with Crippen molar-refractivity contribution in [2.75, 3.05) is 13.1 Å². The van der Waals surface area contributed by atoms with Crippen molar-refractivity contribution in [2.24, 2.45) is 5.92 Å². The monoisotopic (exact) mass is 569 g/mol. The first-order chi connectivity index (χ1) is 18.6. The number of aromatic nitrogens is 4. The van der Waals surface area contributed by atoms with Gasteiger partial charge in [0.25, 0.3) is 0 Å². The quantitative estimate of drug-likeness (QED) is 0.237. The van der Waals surface area contributed by atoms with Gasteiger partial charge in [0.1, 0.15) is 11.5 Å². The summed E-state index contributed by atoms with van der Waals surface area (Å²) >= 11 is 13.3. The van der Waals surface area contributed by atoms with E-state index in [0.717, 1.165) is 58.7 Å². The predicted octanol–water partition coefficient (Wildman–Crippen LogP) is 6.87. The number of nitrogens with one attached hydrogen (secondary N) is 1. The first-order valence-electron chi connectivity index (χ1n) is 13.9. The van der Waals surface area contributed by atoms with Gasteiger partial charge in [-0.15, -0.1) is 0 Å². The number of hydrogen-bond donors (Lipinski definition) is 1. The highest BCUT2D eigenvalue weighted by Gasteiger charge is 2.34. The maximum absolute atomic E-state index is 13.6. The summed E-state index contributed by atoms with van der Waals surface area (Å²) in [6, 6.07) is 4.29. The van der Waals surface area contributed by atoms with Crippen molar-refractivity contribution >= 4 is 45.8 Å². The van der Waals surface area contributed by atoms with Crippen LogP contribution in [0.1, 0.15) is 92.9 Å². The zero-order valence-corrected chi connectivity index (χ0v) is 24.5. The van der Waals surface area contributed by atoms with Crippen molar-refractivity contribution in [3.63, 3.8) is 0 Å². The van der Waals surface area contributed by atoms with E-state index in [-0.39, 0.29) is 34.2 Å². The van der Waals surface area contributed by atoms with Gasteiger partial charge in [-0.2, -0.15) is 5.10 Å². The van der Waals surface area contributed by atoms with E-state index in [9.17, 15) is 9.59 Å². The molecule has 1 saturated carbocycles. The summed E-state index contributed by atoms with van der Waals surface area (Å²) in [7, 11) is 0. The second-order valence-electron chi connectivity index (χ2n) is 12.1. The van der Waals surface area contributed by atoms with Gasteiger partial charge in [-0.1, -0.05) is 69.8 Å². The highest BCUT2D eigenvalue weighted by Crippen LogP contribution is 2.36. The molecule has 7 nitrogen and oxygen atoms in total. The summed E-state index contributed by atoms with van der Waals surface area (Å²) in [5, 5.41) is 9.78. The molecule has 0 atom stereocenters. The predicted molar refractivity (Wildman–Crippen MR) is 156 cm³/mol. The van der Waals surface area contributed by atoms with E-state index in [1.54, 1.807) is 4.90 Å². The van der Waals surface area contributed by atoms with Crippen LogP contribution in [0.5, 0.6) is 0 Å². The maximum atomic E-state index is 13.6. The van der Waals surface area contributed by atoms with Crippen molar-refractivity contribution in [1.29, 1.82) is 0 Å². The molecule has 1 aromatic carbocycles. The van der Waals surface area contributed by atoms with Gasteiger partial charge in [-0.3, -0.25) is 14.7 Å². The van der Waals surface area contributed by atoms with Crippen LogP contribution in [0.2, 0.25) is 10.2 Å². The van der Waals surface area contributed by atoms with Crippen molar-refractivity contribution in [3.8, 4) is 0 Å². The van der Waals surface area contributed by atoms with Crippen LogP contribution in [-0.2, 0) is 23.1 Å². The zero-order chi connectivity index (χ0) is 27.9. The molecule has 0 spiro atoms. The Morgan fingerprint density at radius 2 is 1.85 bits per heavy atom. The number of amides is 1. The van der Waals surface area contributed by atoms with Gasteiger partial charge >= 0.3 is 0 Å². The Morgan fingerprint density at radius 1 is 1.13 bits per heavy atom. The number of benzene rings is 1. The molecule has 3 aromatic rings. The number of rotatable bonds is 8. The lowest BCUT2D eigenvalue weighted by molar-refractivity contribution is -0.132. The average molecular weight is 571 g/mol. The van der Waals surface area contributed by atoms with Crippen LogP contribution >= 0.6 is 23.2 Å². The number of likely N-dealkylation sites (tertiary alicyclic amines) is 1. The summed E-state index contributed by atoms with van der Waals surface area (Å²) in [5.74, 6) is 0.904. The third kappa shape index (κ3) is 5.66. The van der Waals surface area contributed by atoms with Gasteiger partial charge < -0.3 is 9.47 Å². The number of carbonyl (C=O) groups is 2. The molecule has 5 rings (SSSR count). The lowest BCUT2D eigenvalue weighted by atomic mass is 9.86. The van der Waals surface area contributed by atoms with Gasteiger partial charge in [0.15, 0.2) is 10.9 Å². The smallest absolute Gasteiger partial charge is 0.245 e. The normalized spacial score (nSPS) is 17.0. The molecule has 2 aromatic heterocycles. The van der Waals surface area contributed by atoms with E-state index >= 15 is 0 Å². The first kappa shape index (κ1) is 27.9. The summed E-state index contributed by atoms with van der Waals surface area (Å²) < 4.78 is 2.14. The van der Waals surface area contributed by atoms with Crippen LogP contribution < -0.4 is 0 Å². The third-order valence-electron chi connectivity index (χ3n) is 8.19. The van der Waals surface area contributed by atoms with Crippen LogP contribution in [-0.4, -0.2) is 49.4 Å². The van der Waals surface area contributed by atoms with E-state index in [1.165, 1.54) is 12.5 Å². The van der Waals surface area contributed by atoms with Crippen molar-refractivity contribution < 1.29 is 9.59 Å². The number of imidazole rings is 1. The van der Waals surface area contributed by atoms with Crippen LogP contribution in [0.25, 0.3) is 10.9 Å². The van der Waals surface area contributed by atoms with E-state index in [2.05, 4.69) is 48.2 Å². The molecule has 2 aliphatic rings. The Balaban J connectivity index is 1.40. The molecule has 3 heterocycles. The molecule has 9 heteroatoms. The van der Waals surface area contributed by atoms with E-state index in [0.29, 0.717) is 38.0 Å². The van der Waals surface area contributed by atoms with E-state index in [1.807, 2.05) is 6.07 Å². The number of Topliss-reactive ketones (excluding diaryl/α,β-unsaturated/α-hetero) is 1. The van der Waals surface area contributed by atoms with Crippen LogP contribution in [0, 0.1) is 5.92 Å². The molecule has 1 amide bonds. The lowest BCUT2D eigenvalue weighted by Gasteiger charge is -2.38. The average Bonchev–Trinajstić information content (AvgIpc) is 3.42. The fraction of sp³-hybridized carbons (Fsp3) is 0.533. The van der Waals surface area contributed by atoms with Gasteiger partial charge in [-0.05, 0) is 48.4 Å². The minimum absolute atomic E-state index is 0.0106. The minimum Gasteiger partial charge on any atom is -0.338 e. The molecule has 0 bridgehead atoms. The highest BCUT2D eigenvalue weighted by atomic mass is 35.5. The fourth-order valence-electron chi connectivity index (χ4n) is 6.06. The Bertz CT molecular complexity index is 1400. The van der Waals surface area contributed by atoms with E-state index < -0.39 is 0 Å². The molecular formula is C30H37Cl2N5O2. The molecular weight excluding hydrogens is 533 g/mol. The second-order valence-corrected chi connectivity index (χ2v) is 12.8. The van der Waals surface area contributed by atoms with Crippen LogP contribution in [0.3, 0.4) is 0 Å². The summed E-state index contributed by atoms with van der Waals surface area (Å²) in [6.45, 7) is 11.2. The van der Waals surface area contributed by atoms with Crippen molar-refractivity contribution in [3.05, 3.63) is 57.7 Å². The zero-order valence-electron chi connectivity index (χ0n) is 23.0. The lowest BCUT2D eigenvalue weighted by Crippen LogP contribution is -2.50. The number of ketones is 1. The maximum Gasteiger partial charge on any atom is 0.245 e. The number of H-pyrrole nitrogens is 1. The molecule has 1 saturated heterocycles. The SMILES string of the molecule is C=CC(=O)N1CC(CC(=O)c2c(Cl)nc(CCc3[nH]nc4cc(Cl)c(C(C)(C)C)cc34)n2C2CCCCC2)C1. The number of carbonyl (C=O) groups excluding carboxylic acids is 2. The molecule has 39 heavy (non-hydrogen) atoms.